The molecule has 0 aromatic rings. The molecule has 0 aromatic heterocycles. The summed E-state index contributed by atoms with van der Waals surface area (Å²) in [5, 5.41) is 12.2. The van der Waals surface area contributed by atoms with Crippen molar-refractivity contribution in [1.82, 2.24) is 5.32 Å². The standard InChI is InChI=1S/C15H24N2O/c1-11-3-5-13(6-4-11)9-17-14(18)15(10-16)7-12(2)8-15/h11-13H,3-9H2,1-2H3,(H,17,18). The normalized spacial score (nSPS) is 39.5. The molecule has 100 valence electrons. The van der Waals surface area contributed by atoms with E-state index in [0.717, 1.165) is 25.3 Å². The predicted octanol–water partition coefficient (Wildman–Crippen LogP) is 2.87. The van der Waals surface area contributed by atoms with Crippen LogP contribution in [-0.2, 0) is 4.79 Å². The first kappa shape index (κ1) is 13.4. The molecule has 0 unspecified atom stereocenters. The van der Waals surface area contributed by atoms with Crippen molar-refractivity contribution in [2.75, 3.05) is 6.54 Å². The van der Waals surface area contributed by atoms with E-state index in [1.807, 2.05) is 0 Å². The van der Waals surface area contributed by atoms with Gasteiger partial charge in [-0.2, -0.15) is 5.26 Å². The summed E-state index contributed by atoms with van der Waals surface area (Å²) >= 11 is 0. The van der Waals surface area contributed by atoms with Crippen molar-refractivity contribution >= 4 is 5.91 Å². The van der Waals surface area contributed by atoms with Crippen LogP contribution in [0.5, 0.6) is 0 Å². The van der Waals surface area contributed by atoms with Crippen LogP contribution >= 0.6 is 0 Å². The maximum Gasteiger partial charge on any atom is 0.240 e. The van der Waals surface area contributed by atoms with Gasteiger partial charge in [-0.15, -0.1) is 0 Å². The summed E-state index contributed by atoms with van der Waals surface area (Å²) in [6, 6.07) is 2.23. The zero-order valence-corrected chi connectivity index (χ0v) is 11.5. The lowest BCUT2D eigenvalue weighted by Gasteiger charge is -2.39. The summed E-state index contributed by atoms with van der Waals surface area (Å²) in [6.45, 7) is 5.17. The molecule has 3 nitrogen and oxygen atoms in total. The molecule has 0 spiro atoms. The van der Waals surface area contributed by atoms with Gasteiger partial charge in [0.25, 0.3) is 0 Å². The molecule has 2 rings (SSSR count). The van der Waals surface area contributed by atoms with Gasteiger partial charge in [0.2, 0.25) is 5.91 Å². The van der Waals surface area contributed by atoms with Crippen molar-refractivity contribution in [3.8, 4) is 6.07 Å². The van der Waals surface area contributed by atoms with E-state index < -0.39 is 5.41 Å². The molecule has 2 fully saturated rings. The van der Waals surface area contributed by atoms with Crippen molar-refractivity contribution in [3.63, 3.8) is 0 Å². The van der Waals surface area contributed by atoms with Crippen molar-refractivity contribution < 1.29 is 4.79 Å². The first-order valence-corrected chi connectivity index (χ1v) is 7.25. The van der Waals surface area contributed by atoms with Gasteiger partial charge in [-0.3, -0.25) is 4.79 Å². The average Bonchev–Trinajstić information content (AvgIpc) is 2.33. The number of hydrogen-bond donors (Lipinski definition) is 1. The van der Waals surface area contributed by atoms with E-state index >= 15 is 0 Å². The molecule has 3 heteroatoms. The fourth-order valence-corrected chi connectivity index (χ4v) is 3.40. The van der Waals surface area contributed by atoms with Gasteiger partial charge in [0.15, 0.2) is 0 Å². The lowest BCUT2D eigenvalue weighted by Crippen LogP contribution is -2.49. The minimum absolute atomic E-state index is 0.0262. The Morgan fingerprint density at radius 3 is 2.33 bits per heavy atom. The number of carbonyl (C=O) groups is 1. The van der Waals surface area contributed by atoms with Gasteiger partial charge in [-0.1, -0.05) is 26.7 Å². The number of nitrogens with zero attached hydrogens (tertiary/aromatic N) is 1. The molecule has 0 aromatic carbocycles. The van der Waals surface area contributed by atoms with Gasteiger partial charge in [-0.25, -0.2) is 0 Å². The van der Waals surface area contributed by atoms with Crippen LogP contribution in [0.25, 0.3) is 0 Å². The molecule has 2 aliphatic rings. The van der Waals surface area contributed by atoms with Crippen LogP contribution in [0, 0.1) is 34.5 Å². The van der Waals surface area contributed by atoms with Crippen LogP contribution in [0.4, 0.5) is 0 Å². The number of carbonyl (C=O) groups excluding carboxylic acids is 1. The lowest BCUT2D eigenvalue weighted by molar-refractivity contribution is -0.134. The Balaban J connectivity index is 1.77. The first-order valence-electron chi connectivity index (χ1n) is 7.25. The predicted molar refractivity (Wildman–Crippen MR) is 70.6 cm³/mol. The van der Waals surface area contributed by atoms with E-state index in [0.29, 0.717) is 11.8 Å². The quantitative estimate of drug-likeness (QED) is 0.835. The maximum absolute atomic E-state index is 12.1. The highest BCUT2D eigenvalue weighted by molar-refractivity contribution is 5.86. The van der Waals surface area contributed by atoms with Crippen LogP contribution in [0.15, 0.2) is 0 Å². The molecule has 0 radical (unpaired) electrons. The first-order chi connectivity index (χ1) is 8.55. The molecule has 1 amide bonds. The van der Waals surface area contributed by atoms with Gasteiger partial charge in [0.1, 0.15) is 5.41 Å². The van der Waals surface area contributed by atoms with E-state index in [-0.39, 0.29) is 5.91 Å². The smallest absolute Gasteiger partial charge is 0.240 e. The summed E-state index contributed by atoms with van der Waals surface area (Å²) in [5.74, 6) is 1.96. The highest BCUT2D eigenvalue weighted by atomic mass is 16.2. The Labute approximate surface area is 110 Å². The number of amides is 1. The van der Waals surface area contributed by atoms with Crippen molar-refractivity contribution in [2.24, 2.45) is 23.2 Å². The molecule has 0 saturated heterocycles. The summed E-state index contributed by atoms with van der Waals surface area (Å²) in [7, 11) is 0. The molecule has 0 aliphatic heterocycles. The second-order valence-electron chi connectivity index (χ2n) is 6.54. The number of nitrogens with one attached hydrogen (secondary N) is 1. The maximum atomic E-state index is 12.1. The molecule has 0 heterocycles. The van der Waals surface area contributed by atoms with Gasteiger partial charge < -0.3 is 5.32 Å². The molecule has 18 heavy (non-hydrogen) atoms. The minimum Gasteiger partial charge on any atom is -0.354 e. The zero-order valence-electron chi connectivity index (χ0n) is 11.5. The molecule has 1 N–H and O–H groups in total. The van der Waals surface area contributed by atoms with Gasteiger partial charge >= 0.3 is 0 Å². The monoisotopic (exact) mass is 248 g/mol. The van der Waals surface area contributed by atoms with E-state index in [1.165, 1.54) is 25.7 Å². The lowest BCUT2D eigenvalue weighted by atomic mass is 9.63. The third-order valence-electron chi connectivity index (χ3n) is 4.73. The van der Waals surface area contributed by atoms with E-state index in [2.05, 4.69) is 25.2 Å². The van der Waals surface area contributed by atoms with Crippen LogP contribution in [0.3, 0.4) is 0 Å². The second kappa shape index (κ2) is 5.30. The van der Waals surface area contributed by atoms with Crippen molar-refractivity contribution in [2.45, 2.75) is 52.4 Å². The SMILES string of the molecule is CC1CCC(CNC(=O)C2(C#N)CC(C)C2)CC1. The Morgan fingerprint density at radius 1 is 1.22 bits per heavy atom. The summed E-state index contributed by atoms with van der Waals surface area (Å²) in [6.07, 6.45) is 6.46. The fraction of sp³-hybridized carbons (Fsp3) is 0.867. The van der Waals surface area contributed by atoms with Crippen LogP contribution in [-0.4, -0.2) is 12.5 Å². The fourth-order valence-electron chi connectivity index (χ4n) is 3.40. The molecule has 0 bridgehead atoms. The van der Waals surface area contributed by atoms with Crippen LogP contribution < -0.4 is 5.32 Å². The molecular weight excluding hydrogens is 224 g/mol. The van der Waals surface area contributed by atoms with Crippen LogP contribution in [0.2, 0.25) is 0 Å². The van der Waals surface area contributed by atoms with Crippen molar-refractivity contribution in [1.29, 1.82) is 5.26 Å². The largest absolute Gasteiger partial charge is 0.354 e. The third kappa shape index (κ3) is 2.68. The van der Waals surface area contributed by atoms with E-state index in [1.54, 1.807) is 0 Å². The average molecular weight is 248 g/mol. The Bertz CT molecular complexity index is 344. The van der Waals surface area contributed by atoms with Gasteiger partial charge in [-0.05, 0) is 43.4 Å². The Hall–Kier alpha value is -1.04. The molecule has 2 aliphatic carbocycles. The number of nitriles is 1. The highest BCUT2D eigenvalue weighted by Crippen LogP contribution is 2.45. The van der Waals surface area contributed by atoms with Crippen LogP contribution in [0.1, 0.15) is 52.4 Å². The second-order valence-corrected chi connectivity index (χ2v) is 6.54. The van der Waals surface area contributed by atoms with Gasteiger partial charge in [0, 0.05) is 6.54 Å². The Morgan fingerprint density at radius 2 is 1.83 bits per heavy atom. The van der Waals surface area contributed by atoms with Gasteiger partial charge in [0.05, 0.1) is 6.07 Å². The Kier molecular flexibility index (Phi) is 3.94. The van der Waals surface area contributed by atoms with Crippen molar-refractivity contribution in [3.05, 3.63) is 0 Å². The third-order valence-corrected chi connectivity index (χ3v) is 4.73. The number of rotatable bonds is 3. The number of hydrogen-bond acceptors (Lipinski definition) is 2. The minimum atomic E-state index is -0.707. The zero-order chi connectivity index (χ0) is 13.2. The summed E-state index contributed by atoms with van der Waals surface area (Å²) in [5.41, 5.74) is -0.707. The summed E-state index contributed by atoms with van der Waals surface area (Å²) in [4.78, 5) is 12.1. The molecular formula is C15H24N2O. The topological polar surface area (TPSA) is 52.9 Å². The highest BCUT2D eigenvalue weighted by Gasteiger charge is 2.48. The molecule has 2 saturated carbocycles. The van der Waals surface area contributed by atoms with E-state index in [9.17, 15) is 10.1 Å². The molecule has 0 atom stereocenters. The summed E-state index contributed by atoms with van der Waals surface area (Å²) < 4.78 is 0. The van der Waals surface area contributed by atoms with E-state index in [4.69, 9.17) is 0 Å².